The molecule has 0 aromatic heterocycles. The molecule has 4 nitrogen and oxygen atoms in total. The monoisotopic (exact) mass is 408 g/mol. The zero-order valence-corrected chi connectivity index (χ0v) is 18.6. The van der Waals surface area contributed by atoms with Crippen LogP contribution in [0.1, 0.15) is 76.3 Å². The minimum absolute atomic E-state index is 0.778. The summed E-state index contributed by atoms with van der Waals surface area (Å²) in [6.07, 6.45) is 13.2. The fourth-order valence-electron chi connectivity index (χ4n) is 2.94. The van der Waals surface area contributed by atoms with E-state index in [-0.39, 0.29) is 0 Å². The van der Waals surface area contributed by atoms with Crippen LogP contribution in [0.25, 0.3) is 0 Å². The quantitative estimate of drug-likeness (QED) is 0.180. The highest BCUT2D eigenvalue weighted by atomic mass is 16.5. The molecule has 0 aliphatic carbocycles. The van der Waals surface area contributed by atoms with E-state index < -0.39 is 0 Å². The third kappa shape index (κ3) is 10.2. The summed E-state index contributed by atoms with van der Waals surface area (Å²) in [5.41, 5.74) is 2.00. The second-order valence-electron chi connectivity index (χ2n) is 7.45. The standard InChI is InChI=1S/C26H36N2O2/c1-3-5-7-9-19-29-25-15-11-23(12-16-25)21-27-28-22-24-13-17-26(18-14-24)30-20-10-8-6-4-2/h11-18,21-22H,3-10,19-20H2,1-2H3/b27-21-,28-22-. The van der Waals surface area contributed by atoms with E-state index in [9.17, 15) is 0 Å². The molecular formula is C26H36N2O2. The summed E-state index contributed by atoms with van der Waals surface area (Å²) in [5, 5.41) is 8.27. The van der Waals surface area contributed by atoms with Crippen molar-refractivity contribution in [1.29, 1.82) is 0 Å². The Hall–Kier alpha value is -2.62. The molecule has 0 N–H and O–H groups in total. The van der Waals surface area contributed by atoms with E-state index in [1.54, 1.807) is 12.4 Å². The molecule has 0 saturated carbocycles. The highest BCUT2D eigenvalue weighted by Gasteiger charge is 1.96. The van der Waals surface area contributed by atoms with E-state index in [1.165, 1.54) is 38.5 Å². The minimum Gasteiger partial charge on any atom is -0.494 e. The topological polar surface area (TPSA) is 43.2 Å². The maximum atomic E-state index is 5.76. The first-order valence-corrected chi connectivity index (χ1v) is 11.3. The van der Waals surface area contributed by atoms with Gasteiger partial charge in [-0.3, -0.25) is 0 Å². The van der Waals surface area contributed by atoms with Crippen molar-refractivity contribution in [3.8, 4) is 11.5 Å². The van der Waals surface area contributed by atoms with Gasteiger partial charge in [-0.15, -0.1) is 0 Å². The molecule has 2 aromatic carbocycles. The normalized spacial score (nSPS) is 11.4. The Balaban J connectivity index is 1.70. The van der Waals surface area contributed by atoms with Crippen molar-refractivity contribution < 1.29 is 9.47 Å². The second kappa shape index (κ2) is 15.3. The van der Waals surface area contributed by atoms with Crippen LogP contribution in [0.4, 0.5) is 0 Å². The Kier molecular flexibility index (Phi) is 12.0. The van der Waals surface area contributed by atoms with E-state index in [2.05, 4.69) is 24.1 Å². The molecule has 0 atom stereocenters. The van der Waals surface area contributed by atoms with Gasteiger partial charge in [0.15, 0.2) is 0 Å². The molecule has 162 valence electrons. The van der Waals surface area contributed by atoms with Crippen LogP contribution in [0.5, 0.6) is 11.5 Å². The van der Waals surface area contributed by atoms with Crippen LogP contribution in [-0.4, -0.2) is 25.6 Å². The number of hydrogen-bond acceptors (Lipinski definition) is 4. The summed E-state index contributed by atoms with van der Waals surface area (Å²) >= 11 is 0. The van der Waals surface area contributed by atoms with E-state index in [0.717, 1.165) is 48.7 Å². The first-order valence-electron chi connectivity index (χ1n) is 11.3. The number of hydrogen-bond donors (Lipinski definition) is 0. The molecule has 0 saturated heterocycles. The number of unbranched alkanes of at least 4 members (excludes halogenated alkanes) is 6. The lowest BCUT2D eigenvalue weighted by Gasteiger charge is -2.05. The maximum Gasteiger partial charge on any atom is 0.119 e. The smallest absolute Gasteiger partial charge is 0.119 e. The molecule has 0 unspecified atom stereocenters. The van der Waals surface area contributed by atoms with Gasteiger partial charge in [0.2, 0.25) is 0 Å². The molecule has 4 heteroatoms. The van der Waals surface area contributed by atoms with Crippen molar-refractivity contribution in [1.82, 2.24) is 0 Å². The Labute approximate surface area is 182 Å². The van der Waals surface area contributed by atoms with Gasteiger partial charge in [0, 0.05) is 0 Å². The Morgan fingerprint density at radius 2 is 0.967 bits per heavy atom. The molecule has 0 aliphatic heterocycles. The number of ether oxygens (including phenoxy) is 2. The van der Waals surface area contributed by atoms with Gasteiger partial charge in [0.05, 0.1) is 25.6 Å². The third-order valence-corrected chi connectivity index (χ3v) is 4.77. The van der Waals surface area contributed by atoms with Gasteiger partial charge in [-0.05, 0) is 72.5 Å². The predicted octanol–water partition coefficient (Wildman–Crippen LogP) is 7.06. The third-order valence-electron chi connectivity index (χ3n) is 4.77. The summed E-state index contributed by atoms with van der Waals surface area (Å²) in [6.45, 7) is 5.99. The lowest BCUT2D eigenvalue weighted by molar-refractivity contribution is 0.305. The van der Waals surface area contributed by atoms with Gasteiger partial charge in [-0.25, -0.2) is 0 Å². The van der Waals surface area contributed by atoms with E-state index >= 15 is 0 Å². The van der Waals surface area contributed by atoms with Gasteiger partial charge >= 0.3 is 0 Å². The molecule has 0 bridgehead atoms. The van der Waals surface area contributed by atoms with Crippen LogP contribution in [0.15, 0.2) is 58.7 Å². The Morgan fingerprint density at radius 3 is 1.33 bits per heavy atom. The molecule has 0 amide bonds. The molecule has 30 heavy (non-hydrogen) atoms. The highest BCUT2D eigenvalue weighted by molar-refractivity contribution is 5.82. The van der Waals surface area contributed by atoms with Crippen LogP contribution < -0.4 is 9.47 Å². The summed E-state index contributed by atoms with van der Waals surface area (Å²) in [4.78, 5) is 0. The average Bonchev–Trinajstić information content (AvgIpc) is 2.78. The summed E-state index contributed by atoms with van der Waals surface area (Å²) in [7, 11) is 0. The van der Waals surface area contributed by atoms with Crippen molar-refractivity contribution in [3.05, 3.63) is 59.7 Å². The highest BCUT2D eigenvalue weighted by Crippen LogP contribution is 2.13. The van der Waals surface area contributed by atoms with Crippen molar-refractivity contribution in [2.75, 3.05) is 13.2 Å². The predicted molar refractivity (Wildman–Crippen MR) is 127 cm³/mol. The van der Waals surface area contributed by atoms with Gasteiger partial charge < -0.3 is 9.47 Å². The molecule has 0 radical (unpaired) electrons. The van der Waals surface area contributed by atoms with Crippen molar-refractivity contribution in [2.24, 2.45) is 10.2 Å². The van der Waals surface area contributed by atoms with Gasteiger partial charge in [0.1, 0.15) is 11.5 Å². The summed E-state index contributed by atoms with van der Waals surface area (Å²) in [6, 6.07) is 15.9. The molecule has 0 heterocycles. The largest absolute Gasteiger partial charge is 0.494 e. The van der Waals surface area contributed by atoms with Gasteiger partial charge in [0.25, 0.3) is 0 Å². The molecule has 2 aromatic rings. The zero-order chi connectivity index (χ0) is 21.3. The molecule has 2 rings (SSSR count). The minimum atomic E-state index is 0.778. The van der Waals surface area contributed by atoms with Crippen LogP contribution in [0.2, 0.25) is 0 Å². The van der Waals surface area contributed by atoms with Crippen LogP contribution in [-0.2, 0) is 0 Å². The molecule has 0 aliphatic rings. The molecule has 0 fully saturated rings. The Bertz CT molecular complexity index is 671. The van der Waals surface area contributed by atoms with E-state index in [1.807, 2.05) is 48.5 Å². The van der Waals surface area contributed by atoms with Gasteiger partial charge in [-0.1, -0.05) is 52.4 Å². The van der Waals surface area contributed by atoms with Crippen LogP contribution in [0.3, 0.4) is 0 Å². The second-order valence-corrected chi connectivity index (χ2v) is 7.45. The number of nitrogens with zero attached hydrogens (tertiary/aromatic N) is 2. The fraction of sp³-hybridized carbons (Fsp3) is 0.462. The van der Waals surface area contributed by atoms with Crippen molar-refractivity contribution in [3.63, 3.8) is 0 Å². The first kappa shape index (κ1) is 23.7. The fourth-order valence-corrected chi connectivity index (χ4v) is 2.94. The maximum absolute atomic E-state index is 5.76. The number of rotatable bonds is 15. The average molecular weight is 409 g/mol. The molecular weight excluding hydrogens is 372 g/mol. The van der Waals surface area contributed by atoms with Crippen molar-refractivity contribution >= 4 is 12.4 Å². The zero-order valence-electron chi connectivity index (χ0n) is 18.6. The summed E-state index contributed by atoms with van der Waals surface area (Å²) < 4.78 is 11.5. The SMILES string of the molecule is CCCCCCOc1ccc(/C=N\N=C/c2ccc(OCCCCCC)cc2)cc1. The van der Waals surface area contributed by atoms with Gasteiger partial charge in [-0.2, -0.15) is 10.2 Å². The number of benzene rings is 2. The van der Waals surface area contributed by atoms with Crippen molar-refractivity contribution in [2.45, 2.75) is 65.2 Å². The molecule has 0 spiro atoms. The Morgan fingerprint density at radius 1 is 0.567 bits per heavy atom. The first-order chi connectivity index (χ1) is 14.8. The van der Waals surface area contributed by atoms with E-state index in [4.69, 9.17) is 9.47 Å². The lowest BCUT2D eigenvalue weighted by Crippen LogP contribution is -1.97. The van der Waals surface area contributed by atoms with Crippen LogP contribution in [0, 0.1) is 0 Å². The van der Waals surface area contributed by atoms with E-state index in [0.29, 0.717) is 0 Å². The summed E-state index contributed by atoms with van der Waals surface area (Å²) in [5.74, 6) is 1.81. The van der Waals surface area contributed by atoms with Crippen LogP contribution >= 0.6 is 0 Å². The lowest BCUT2D eigenvalue weighted by atomic mass is 10.2.